The molecule has 1 heterocycles. The van der Waals surface area contributed by atoms with E-state index in [9.17, 15) is 5.26 Å². The van der Waals surface area contributed by atoms with Gasteiger partial charge in [-0.05, 0) is 26.0 Å². The SMILES string of the molecule is CCN1B(C#N)N(CC)c2ccccc21. The first-order valence-electron chi connectivity index (χ1n) is 5.35. The number of nitriles is 1. The third-order valence-electron chi connectivity index (χ3n) is 2.89. The minimum absolute atomic E-state index is 0.141. The van der Waals surface area contributed by atoms with Crippen molar-refractivity contribution in [2.24, 2.45) is 0 Å². The number of rotatable bonds is 2. The molecule has 0 bridgehead atoms. The van der Waals surface area contributed by atoms with Crippen LogP contribution in [0.1, 0.15) is 13.8 Å². The van der Waals surface area contributed by atoms with Gasteiger partial charge in [0.25, 0.3) is 0 Å². The van der Waals surface area contributed by atoms with E-state index in [-0.39, 0.29) is 6.98 Å². The van der Waals surface area contributed by atoms with Gasteiger partial charge >= 0.3 is 6.98 Å². The zero-order chi connectivity index (χ0) is 10.8. The number of hydrogen-bond acceptors (Lipinski definition) is 3. The molecule has 0 radical (unpaired) electrons. The van der Waals surface area contributed by atoms with E-state index in [0.717, 1.165) is 13.1 Å². The lowest BCUT2D eigenvalue weighted by atomic mass is 9.75. The summed E-state index contributed by atoms with van der Waals surface area (Å²) in [6.07, 6.45) is 0. The summed E-state index contributed by atoms with van der Waals surface area (Å²) < 4.78 is 0. The molecule has 0 atom stereocenters. The molecule has 3 nitrogen and oxygen atoms in total. The highest BCUT2D eigenvalue weighted by atomic mass is 15.3. The van der Waals surface area contributed by atoms with Gasteiger partial charge in [-0.1, -0.05) is 12.1 Å². The molecule has 1 aliphatic rings. The van der Waals surface area contributed by atoms with Crippen molar-refractivity contribution in [2.75, 3.05) is 22.7 Å². The molecule has 0 spiro atoms. The molecule has 0 saturated heterocycles. The molecule has 0 unspecified atom stereocenters. The van der Waals surface area contributed by atoms with Gasteiger partial charge in [-0.25, -0.2) is 5.26 Å². The normalized spacial score (nSPS) is 14.1. The van der Waals surface area contributed by atoms with E-state index < -0.39 is 0 Å². The molecule has 0 aliphatic carbocycles. The zero-order valence-electron chi connectivity index (χ0n) is 9.14. The van der Waals surface area contributed by atoms with Crippen LogP contribution in [0.15, 0.2) is 24.3 Å². The first-order valence-corrected chi connectivity index (χ1v) is 5.35. The van der Waals surface area contributed by atoms with Crippen LogP contribution in [0.2, 0.25) is 0 Å². The predicted octanol–water partition coefficient (Wildman–Crippen LogP) is 1.90. The summed E-state index contributed by atoms with van der Waals surface area (Å²) in [6.45, 7) is 5.76. The number of anilines is 2. The van der Waals surface area contributed by atoms with Crippen molar-refractivity contribution < 1.29 is 0 Å². The van der Waals surface area contributed by atoms with E-state index in [1.54, 1.807) is 0 Å². The zero-order valence-corrected chi connectivity index (χ0v) is 9.14. The molecule has 1 aliphatic heterocycles. The molecule has 1 aromatic carbocycles. The molecule has 0 fully saturated rings. The molecule has 0 N–H and O–H groups in total. The Bertz CT molecular complexity index is 368. The topological polar surface area (TPSA) is 30.3 Å². The fourth-order valence-electron chi connectivity index (χ4n) is 2.21. The molecule has 1 aromatic rings. The molecule has 15 heavy (non-hydrogen) atoms. The minimum Gasteiger partial charge on any atom is -0.382 e. The molecule has 4 heteroatoms. The van der Waals surface area contributed by atoms with E-state index >= 15 is 0 Å². The molecular formula is C11H14BN3. The summed E-state index contributed by atoms with van der Waals surface area (Å²) in [5, 5.41) is 9.21. The Labute approximate surface area is 91.0 Å². The van der Waals surface area contributed by atoms with Gasteiger partial charge in [0.05, 0.1) is 5.97 Å². The van der Waals surface area contributed by atoms with Crippen LogP contribution in [0.25, 0.3) is 0 Å². The Hall–Kier alpha value is -1.63. The Morgan fingerprint density at radius 1 is 1.13 bits per heavy atom. The van der Waals surface area contributed by atoms with E-state index in [0.29, 0.717) is 0 Å². The van der Waals surface area contributed by atoms with E-state index in [4.69, 9.17) is 0 Å². The first kappa shape index (κ1) is 9.91. The molecule has 0 amide bonds. The Morgan fingerprint density at radius 3 is 1.93 bits per heavy atom. The van der Waals surface area contributed by atoms with Crippen molar-refractivity contribution >= 4 is 18.4 Å². The lowest BCUT2D eigenvalue weighted by molar-refractivity contribution is 1.06. The number of fused-ring (bicyclic) bond motifs is 1. The van der Waals surface area contributed by atoms with Gasteiger partial charge in [0.2, 0.25) is 0 Å². The van der Waals surface area contributed by atoms with Gasteiger partial charge in [-0.3, -0.25) is 0 Å². The number of hydrogen-bond donors (Lipinski definition) is 0. The standard InChI is InChI=1S/C11H14BN3/c1-3-14-10-7-5-6-8-11(10)15(4-2)12(14)9-13/h5-8H,3-4H2,1-2H3. The number of nitrogens with zero attached hydrogens (tertiary/aromatic N) is 3. The summed E-state index contributed by atoms with van der Waals surface area (Å²) in [5.41, 5.74) is 2.35. The quantitative estimate of drug-likeness (QED) is 0.681. The van der Waals surface area contributed by atoms with Gasteiger partial charge < -0.3 is 9.62 Å². The van der Waals surface area contributed by atoms with Crippen molar-refractivity contribution in [2.45, 2.75) is 13.8 Å². The van der Waals surface area contributed by atoms with Crippen LogP contribution in [-0.4, -0.2) is 20.1 Å². The van der Waals surface area contributed by atoms with Crippen LogP contribution in [0.4, 0.5) is 11.4 Å². The monoisotopic (exact) mass is 199 g/mol. The molecule has 2 rings (SSSR count). The van der Waals surface area contributed by atoms with Crippen molar-refractivity contribution in [3.05, 3.63) is 24.3 Å². The summed E-state index contributed by atoms with van der Waals surface area (Å²) in [6, 6.07) is 8.21. The summed E-state index contributed by atoms with van der Waals surface area (Å²) in [7, 11) is 0. The van der Waals surface area contributed by atoms with Gasteiger partial charge in [0.15, 0.2) is 0 Å². The average molecular weight is 199 g/mol. The summed E-state index contributed by atoms with van der Waals surface area (Å²) in [5.74, 6) is 2.36. The molecule has 76 valence electrons. The maximum atomic E-state index is 9.21. The smallest absolute Gasteiger partial charge is 0.382 e. The van der Waals surface area contributed by atoms with Crippen LogP contribution < -0.4 is 9.62 Å². The second-order valence-electron chi connectivity index (χ2n) is 3.56. The minimum atomic E-state index is -0.141. The highest BCUT2D eigenvalue weighted by Gasteiger charge is 2.39. The van der Waals surface area contributed by atoms with E-state index in [2.05, 4.69) is 41.6 Å². The van der Waals surface area contributed by atoms with Gasteiger partial charge in [0, 0.05) is 24.5 Å². The van der Waals surface area contributed by atoms with Gasteiger partial charge in [-0.15, -0.1) is 0 Å². The van der Waals surface area contributed by atoms with Crippen molar-refractivity contribution in [3.63, 3.8) is 0 Å². The second-order valence-corrected chi connectivity index (χ2v) is 3.56. The molecule has 0 saturated carbocycles. The third-order valence-corrected chi connectivity index (χ3v) is 2.89. The summed E-state index contributed by atoms with van der Waals surface area (Å²) in [4.78, 5) is 4.28. The average Bonchev–Trinajstić information content (AvgIpc) is 2.61. The van der Waals surface area contributed by atoms with Gasteiger partial charge in [-0.2, -0.15) is 0 Å². The van der Waals surface area contributed by atoms with Crippen molar-refractivity contribution in [3.8, 4) is 5.97 Å². The highest BCUT2D eigenvalue weighted by Crippen LogP contribution is 2.36. The van der Waals surface area contributed by atoms with Crippen LogP contribution >= 0.6 is 0 Å². The Morgan fingerprint density at radius 2 is 1.60 bits per heavy atom. The summed E-state index contributed by atoms with van der Waals surface area (Å²) >= 11 is 0. The molecular weight excluding hydrogens is 185 g/mol. The van der Waals surface area contributed by atoms with E-state index in [1.807, 2.05) is 12.1 Å². The lowest BCUT2D eigenvalue weighted by Crippen LogP contribution is -2.47. The number of para-hydroxylation sites is 2. The first-order chi connectivity index (χ1) is 7.33. The van der Waals surface area contributed by atoms with E-state index in [1.165, 1.54) is 11.4 Å². The second kappa shape index (κ2) is 3.86. The lowest BCUT2D eigenvalue weighted by Gasteiger charge is -2.21. The Balaban J connectivity index is 2.49. The van der Waals surface area contributed by atoms with Crippen molar-refractivity contribution in [1.29, 1.82) is 5.26 Å². The van der Waals surface area contributed by atoms with Gasteiger partial charge in [0.1, 0.15) is 0 Å². The maximum Gasteiger partial charge on any atom is 0.496 e. The van der Waals surface area contributed by atoms with Crippen LogP contribution in [0, 0.1) is 11.2 Å². The third kappa shape index (κ3) is 1.35. The van der Waals surface area contributed by atoms with Crippen LogP contribution in [0.5, 0.6) is 0 Å². The largest absolute Gasteiger partial charge is 0.496 e. The van der Waals surface area contributed by atoms with Crippen LogP contribution in [-0.2, 0) is 0 Å². The fourth-order valence-corrected chi connectivity index (χ4v) is 2.21. The Kier molecular flexibility index (Phi) is 2.55. The van der Waals surface area contributed by atoms with Crippen molar-refractivity contribution in [1.82, 2.24) is 0 Å². The highest BCUT2D eigenvalue weighted by molar-refractivity contribution is 6.76. The maximum absolute atomic E-state index is 9.21. The molecule has 0 aromatic heterocycles. The van der Waals surface area contributed by atoms with Crippen LogP contribution in [0.3, 0.4) is 0 Å². The fraction of sp³-hybridized carbons (Fsp3) is 0.364. The number of benzene rings is 1. The predicted molar refractivity (Wildman–Crippen MR) is 63.8 cm³/mol.